The Morgan fingerprint density at radius 3 is 2.90 bits per heavy atom. The van der Waals surface area contributed by atoms with Crippen LogP contribution in [0.4, 0.5) is 0 Å². The highest BCUT2D eigenvalue weighted by molar-refractivity contribution is 5.35. The van der Waals surface area contributed by atoms with E-state index in [1.54, 1.807) is 0 Å². The van der Waals surface area contributed by atoms with Crippen molar-refractivity contribution in [3.8, 4) is 0 Å². The van der Waals surface area contributed by atoms with E-state index in [9.17, 15) is 0 Å². The van der Waals surface area contributed by atoms with Gasteiger partial charge in [-0.2, -0.15) is 0 Å². The summed E-state index contributed by atoms with van der Waals surface area (Å²) >= 11 is 0. The Morgan fingerprint density at radius 2 is 2.10 bits per heavy atom. The molecule has 1 aromatic carbocycles. The summed E-state index contributed by atoms with van der Waals surface area (Å²) in [5, 5.41) is 4.71. The van der Waals surface area contributed by atoms with Gasteiger partial charge in [-0.1, -0.05) is 24.3 Å². The van der Waals surface area contributed by atoms with E-state index in [0.29, 0.717) is 6.61 Å². The van der Waals surface area contributed by atoms with Crippen LogP contribution in [0.25, 0.3) is 0 Å². The first-order valence-corrected chi connectivity index (χ1v) is 7.23. The first-order valence-electron chi connectivity index (χ1n) is 7.23. The second-order valence-electron chi connectivity index (χ2n) is 6.75. The van der Waals surface area contributed by atoms with Crippen LogP contribution in [0.3, 0.4) is 0 Å². The van der Waals surface area contributed by atoms with E-state index >= 15 is 0 Å². The molecule has 0 N–H and O–H groups in total. The maximum atomic E-state index is 6.04. The molecule has 0 bridgehead atoms. The molecule has 0 fully saturated rings. The first kappa shape index (κ1) is 12.1. The summed E-state index contributed by atoms with van der Waals surface area (Å²) in [7, 11) is 0. The minimum Gasteiger partial charge on any atom is -0.363 e. The molecule has 20 heavy (non-hydrogen) atoms. The van der Waals surface area contributed by atoms with Gasteiger partial charge in [-0.3, -0.25) is 0 Å². The largest absolute Gasteiger partial charge is 0.363 e. The van der Waals surface area contributed by atoms with E-state index in [0.717, 1.165) is 12.2 Å². The fourth-order valence-electron chi connectivity index (χ4n) is 3.24. The minimum atomic E-state index is -0.00202. The summed E-state index contributed by atoms with van der Waals surface area (Å²) in [5.74, 6) is 1.03. The molecule has 1 aliphatic carbocycles. The number of aromatic nitrogens is 3. The van der Waals surface area contributed by atoms with E-state index < -0.39 is 0 Å². The predicted molar refractivity (Wildman–Crippen MR) is 74.3 cm³/mol. The molecule has 4 heteroatoms. The zero-order valence-electron chi connectivity index (χ0n) is 12.2. The normalized spacial score (nSPS) is 24.1. The predicted octanol–water partition coefficient (Wildman–Crippen LogP) is 1.97. The van der Waals surface area contributed by atoms with Crippen LogP contribution in [0, 0.1) is 0 Å². The third-order valence-electron chi connectivity index (χ3n) is 4.32. The molecule has 1 aromatic heterocycles. The summed E-state index contributed by atoms with van der Waals surface area (Å²) < 4.78 is 10.4. The highest BCUT2D eigenvalue weighted by Gasteiger charge is 2.43. The molecular weight excluding hydrogens is 250 g/mol. The minimum absolute atomic E-state index is 0.00202. The average Bonchev–Trinajstić information content (AvgIpc) is 2.98. The highest BCUT2D eigenvalue weighted by Crippen LogP contribution is 2.35. The Hall–Kier alpha value is -1.68. The van der Waals surface area contributed by atoms with Crippen molar-refractivity contribution in [2.24, 2.45) is 0 Å². The van der Waals surface area contributed by atoms with E-state index in [1.807, 2.05) is 0 Å². The molecule has 2 heterocycles. The number of hydrogen-bond acceptors (Lipinski definition) is 2. The maximum absolute atomic E-state index is 6.04. The Morgan fingerprint density at radius 1 is 1.30 bits per heavy atom. The lowest BCUT2D eigenvalue weighted by Crippen LogP contribution is -2.51. The van der Waals surface area contributed by atoms with Crippen molar-refractivity contribution in [2.45, 2.75) is 51.5 Å². The van der Waals surface area contributed by atoms with Gasteiger partial charge in [0.1, 0.15) is 24.3 Å². The fourth-order valence-corrected chi connectivity index (χ4v) is 3.24. The molecule has 1 aliphatic heterocycles. The Labute approximate surface area is 119 Å². The van der Waals surface area contributed by atoms with Crippen LogP contribution in [0.2, 0.25) is 0 Å². The molecule has 0 radical (unpaired) electrons. The SMILES string of the molecule is CC(C)(C)n1c[n+]2c(n1)COC1Cc3ccccc3C12. The van der Waals surface area contributed by atoms with Crippen molar-refractivity contribution in [1.29, 1.82) is 0 Å². The van der Waals surface area contributed by atoms with Crippen LogP contribution in [-0.4, -0.2) is 15.9 Å². The fraction of sp³-hybridized carbons (Fsp3) is 0.500. The molecule has 2 aromatic rings. The molecule has 0 saturated carbocycles. The molecular formula is C16H20N3O+. The Balaban J connectivity index is 1.85. The van der Waals surface area contributed by atoms with Crippen molar-refractivity contribution in [2.75, 3.05) is 0 Å². The van der Waals surface area contributed by atoms with Crippen LogP contribution < -0.4 is 4.57 Å². The van der Waals surface area contributed by atoms with Gasteiger partial charge in [-0.25, -0.2) is 4.57 Å². The molecule has 4 nitrogen and oxygen atoms in total. The highest BCUT2D eigenvalue weighted by atomic mass is 16.5. The standard InChI is InChI=1S/C16H20N3O/c1-16(2,3)19-10-18-14(17-19)9-20-13-8-11-6-4-5-7-12(11)15(13)18/h4-7,10,13,15H,8-9H2,1-3H3/q+1. The molecule has 104 valence electrons. The van der Waals surface area contributed by atoms with Crippen molar-refractivity contribution in [3.05, 3.63) is 47.5 Å². The second-order valence-corrected chi connectivity index (χ2v) is 6.75. The van der Waals surface area contributed by atoms with E-state index in [2.05, 4.69) is 60.6 Å². The number of benzene rings is 1. The quantitative estimate of drug-likeness (QED) is 0.685. The second kappa shape index (κ2) is 3.92. The van der Waals surface area contributed by atoms with E-state index in [-0.39, 0.29) is 17.7 Å². The van der Waals surface area contributed by atoms with Crippen molar-refractivity contribution < 1.29 is 9.30 Å². The average molecular weight is 270 g/mol. The Bertz CT molecular complexity index is 669. The zero-order valence-corrected chi connectivity index (χ0v) is 12.2. The molecule has 2 atom stereocenters. The summed E-state index contributed by atoms with van der Waals surface area (Å²) in [6.45, 7) is 7.13. The van der Waals surface area contributed by atoms with Crippen LogP contribution in [0.1, 0.15) is 43.8 Å². The van der Waals surface area contributed by atoms with Crippen molar-refractivity contribution in [3.63, 3.8) is 0 Å². The van der Waals surface area contributed by atoms with Crippen LogP contribution >= 0.6 is 0 Å². The number of ether oxygens (including phenoxy) is 1. The molecule has 0 saturated heterocycles. The van der Waals surface area contributed by atoms with Gasteiger partial charge in [-0.15, -0.1) is 4.68 Å². The Kier molecular flexibility index (Phi) is 2.37. The van der Waals surface area contributed by atoms with Crippen molar-refractivity contribution in [1.82, 2.24) is 9.78 Å². The lowest BCUT2D eigenvalue weighted by molar-refractivity contribution is -0.739. The van der Waals surface area contributed by atoms with Gasteiger partial charge in [0.25, 0.3) is 0 Å². The van der Waals surface area contributed by atoms with Gasteiger partial charge in [0.2, 0.25) is 6.33 Å². The number of hydrogen-bond donors (Lipinski definition) is 0. The zero-order chi connectivity index (χ0) is 13.9. The van der Waals surface area contributed by atoms with Gasteiger partial charge in [0.15, 0.2) is 0 Å². The van der Waals surface area contributed by atoms with Crippen LogP contribution in [-0.2, 0) is 23.3 Å². The monoisotopic (exact) mass is 270 g/mol. The number of rotatable bonds is 0. The molecule has 0 amide bonds. The molecule has 2 unspecified atom stereocenters. The smallest absolute Gasteiger partial charge is 0.303 e. The van der Waals surface area contributed by atoms with Crippen LogP contribution in [0.15, 0.2) is 30.6 Å². The van der Waals surface area contributed by atoms with E-state index in [4.69, 9.17) is 9.84 Å². The summed E-state index contributed by atoms with van der Waals surface area (Å²) in [6, 6.07) is 8.95. The number of fused-ring (bicyclic) bond motifs is 5. The summed E-state index contributed by atoms with van der Waals surface area (Å²) in [6.07, 6.45) is 3.41. The maximum Gasteiger partial charge on any atom is 0.303 e. The van der Waals surface area contributed by atoms with Crippen molar-refractivity contribution >= 4 is 0 Å². The third kappa shape index (κ3) is 1.64. The molecule has 0 spiro atoms. The van der Waals surface area contributed by atoms with Gasteiger partial charge >= 0.3 is 5.82 Å². The van der Waals surface area contributed by atoms with Gasteiger partial charge in [0.05, 0.1) is 0 Å². The van der Waals surface area contributed by atoms with Crippen LogP contribution in [0.5, 0.6) is 0 Å². The van der Waals surface area contributed by atoms with Gasteiger partial charge < -0.3 is 4.74 Å². The van der Waals surface area contributed by atoms with Gasteiger partial charge in [-0.05, 0) is 31.9 Å². The summed E-state index contributed by atoms with van der Waals surface area (Å²) in [4.78, 5) is 0. The molecule has 4 rings (SSSR count). The van der Waals surface area contributed by atoms with E-state index in [1.165, 1.54) is 11.1 Å². The summed E-state index contributed by atoms with van der Waals surface area (Å²) in [5.41, 5.74) is 2.79. The first-order chi connectivity index (χ1) is 9.54. The molecule has 2 aliphatic rings. The topological polar surface area (TPSA) is 30.9 Å². The van der Waals surface area contributed by atoms with Gasteiger partial charge in [0, 0.05) is 11.5 Å². The lowest BCUT2D eigenvalue weighted by Gasteiger charge is -2.23. The number of nitrogens with zero attached hydrogens (tertiary/aromatic N) is 3. The third-order valence-corrected chi connectivity index (χ3v) is 4.32. The lowest BCUT2D eigenvalue weighted by atomic mass is 10.1.